The Balaban J connectivity index is 2.01. The number of benzene rings is 2. The lowest BCUT2D eigenvalue weighted by Gasteiger charge is -2.15. The van der Waals surface area contributed by atoms with E-state index in [9.17, 15) is 9.18 Å². The fourth-order valence-electron chi connectivity index (χ4n) is 2.46. The molecule has 0 fully saturated rings. The molecule has 5 nitrogen and oxygen atoms in total. The molecule has 0 amide bonds. The molecule has 128 valence electrons. The molecule has 25 heavy (non-hydrogen) atoms. The maximum Gasteiger partial charge on any atom is 0.316 e. The van der Waals surface area contributed by atoms with Crippen molar-refractivity contribution < 1.29 is 9.13 Å². The summed E-state index contributed by atoms with van der Waals surface area (Å²) in [5.74, 6) is -0.0282. The van der Waals surface area contributed by atoms with Gasteiger partial charge in [-0.15, -0.1) is 0 Å². The molecule has 0 aliphatic rings. The molecule has 0 aliphatic heterocycles. The number of hydrogen-bond donors (Lipinski definition) is 1. The number of rotatable bonds is 5. The fraction of sp³-hybridized carbons (Fsp3) is 0.158. The van der Waals surface area contributed by atoms with Gasteiger partial charge in [0.15, 0.2) is 0 Å². The summed E-state index contributed by atoms with van der Waals surface area (Å²) in [5, 5.41) is 2.90. The maximum absolute atomic E-state index is 14.1. The van der Waals surface area contributed by atoms with Crippen molar-refractivity contribution in [1.29, 1.82) is 0 Å². The molecular formula is C19H18FN3O2. The standard InChI is InChI=1S/C19H18FN3O2/c1-13-8-9-16(15(20)10-13)21-19-22-18(24)17(25-2)12-23(19)11-14-6-4-3-5-7-14/h3-10,12H,11H2,1-2H3,(H,21,22,24). The molecule has 0 saturated carbocycles. The first kappa shape index (κ1) is 16.7. The van der Waals surface area contributed by atoms with Crippen LogP contribution in [0.4, 0.5) is 16.0 Å². The van der Waals surface area contributed by atoms with Crippen LogP contribution in [0.25, 0.3) is 0 Å². The molecule has 0 radical (unpaired) electrons. The Hall–Kier alpha value is -3.15. The minimum Gasteiger partial charge on any atom is -0.490 e. The third-order valence-corrected chi connectivity index (χ3v) is 3.75. The maximum atomic E-state index is 14.1. The predicted octanol–water partition coefficient (Wildman–Crippen LogP) is 3.49. The van der Waals surface area contributed by atoms with Crippen molar-refractivity contribution in [2.75, 3.05) is 12.4 Å². The molecule has 3 rings (SSSR count). The zero-order valence-electron chi connectivity index (χ0n) is 14.0. The molecule has 0 spiro atoms. The number of ether oxygens (including phenoxy) is 1. The van der Waals surface area contributed by atoms with Crippen molar-refractivity contribution in [2.45, 2.75) is 13.5 Å². The number of hydrogen-bond acceptors (Lipinski definition) is 4. The van der Waals surface area contributed by atoms with E-state index < -0.39 is 11.4 Å². The van der Waals surface area contributed by atoms with Gasteiger partial charge < -0.3 is 14.6 Å². The van der Waals surface area contributed by atoms with E-state index in [0.717, 1.165) is 11.1 Å². The van der Waals surface area contributed by atoms with Crippen LogP contribution >= 0.6 is 0 Å². The van der Waals surface area contributed by atoms with E-state index in [0.29, 0.717) is 6.54 Å². The number of methoxy groups -OCH3 is 1. The van der Waals surface area contributed by atoms with Crippen molar-refractivity contribution in [1.82, 2.24) is 9.55 Å². The molecule has 0 saturated heterocycles. The lowest BCUT2D eigenvalue weighted by atomic mass is 10.2. The Labute approximate surface area is 144 Å². The Morgan fingerprint density at radius 3 is 2.64 bits per heavy atom. The first-order valence-corrected chi connectivity index (χ1v) is 7.79. The number of halogens is 1. The van der Waals surface area contributed by atoms with Gasteiger partial charge in [-0.25, -0.2) is 4.39 Å². The summed E-state index contributed by atoms with van der Waals surface area (Å²) < 4.78 is 20.9. The third kappa shape index (κ3) is 3.85. The molecule has 1 heterocycles. The van der Waals surface area contributed by atoms with Gasteiger partial charge in [0.1, 0.15) is 5.82 Å². The molecule has 0 bridgehead atoms. The van der Waals surface area contributed by atoms with Crippen LogP contribution in [0.2, 0.25) is 0 Å². The minimum atomic E-state index is -0.512. The monoisotopic (exact) mass is 339 g/mol. The van der Waals surface area contributed by atoms with Crippen molar-refractivity contribution in [3.63, 3.8) is 0 Å². The average molecular weight is 339 g/mol. The predicted molar refractivity (Wildman–Crippen MR) is 95.0 cm³/mol. The van der Waals surface area contributed by atoms with Crippen molar-refractivity contribution >= 4 is 11.6 Å². The SMILES string of the molecule is COc1cn(Cc2ccccc2)c(Nc2ccc(C)cc2F)nc1=O. The number of nitrogens with one attached hydrogen (secondary N) is 1. The Morgan fingerprint density at radius 1 is 1.20 bits per heavy atom. The highest BCUT2D eigenvalue weighted by Crippen LogP contribution is 2.21. The van der Waals surface area contributed by atoms with Gasteiger partial charge in [0, 0.05) is 0 Å². The molecule has 0 aliphatic carbocycles. The largest absolute Gasteiger partial charge is 0.490 e. The average Bonchev–Trinajstić information content (AvgIpc) is 2.60. The van der Waals surface area contributed by atoms with E-state index in [2.05, 4.69) is 10.3 Å². The lowest BCUT2D eigenvalue weighted by molar-refractivity contribution is 0.402. The molecule has 1 N–H and O–H groups in total. The summed E-state index contributed by atoms with van der Waals surface area (Å²) >= 11 is 0. The van der Waals surface area contributed by atoms with Crippen molar-refractivity contribution in [3.8, 4) is 5.75 Å². The van der Waals surface area contributed by atoms with Crippen LogP contribution in [-0.2, 0) is 6.54 Å². The van der Waals surface area contributed by atoms with Gasteiger partial charge in [0.05, 0.1) is 25.5 Å². The highest BCUT2D eigenvalue weighted by Gasteiger charge is 2.12. The van der Waals surface area contributed by atoms with Crippen LogP contribution in [0, 0.1) is 12.7 Å². The van der Waals surface area contributed by atoms with Gasteiger partial charge in [-0.05, 0) is 30.2 Å². The van der Waals surface area contributed by atoms with Crippen LogP contribution in [0.15, 0.2) is 59.5 Å². The quantitative estimate of drug-likeness (QED) is 0.773. The number of aryl methyl sites for hydroxylation is 1. The number of anilines is 2. The molecule has 1 aromatic heterocycles. The van der Waals surface area contributed by atoms with Crippen LogP contribution in [0.1, 0.15) is 11.1 Å². The van der Waals surface area contributed by atoms with Crippen LogP contribution in [0.3, 0.4) is 0 Å². The van der Waals surface area contributed by atoms with Gasteiger partial charge in [-0.2, -0.15) is 4.98 Å². The molecular weight excluding hydrogens is 321 g/mol. The molecule has 2 aromatic carbocycles. The normalized spacial score (nSPS) is 10.5. The first-order chi connectivity index (χ1) is 12.1. The van der Waals surface area contributed by atoms with Crippen LogP contribution in [-0.4, -0.2) is 16.7 Å². The van der Waals surface area contributed by atoms with Gasteiger partial charge in [-0.3, -0.25) is 4.79 Å². The smallest absolute Gasteiger partial charge is 0.316 e. The summed E-state index contributed by atoms with van der Waals surface area (Å²) in [5.41, 5.74) is 1.57. The molecule has 6 heteroatoms. The second-order valence-corrected chi connectivity index (χ2v) is 5.66. The van der Waals surface area contributed by atoms with Crippen molar-refractivity contribution in [2.24, 2.45) is 0 Å². The zero-order valence-corrected chi connectivity index (χ0v) is 14.0. The molecule has 3 aromatic rings. The summed E-state index contributed by atoms with van der Waals surface area (Å²) in [4.78, 5) is 16.0. The van der Waals surface area contributed by atoms with Gasteiger partial charge in [-0.1, -0.05) is 36.4 Å². The lowest BCUT2D eigenvalue weighted by Crippen LogP contribution is -2.19. The van der Waals surface area contributed by atoms with Gasteiger partial charge >= 0.3 is 5.56 Å². The second kappa shape index (κ2) is 7.17. The van der Waals surface area contributed by atoms with E-state index in [1.54, 1.807) is 22.9 Å². The Bertz CT molecular complexity index is 939. The highest BCUT2D eigenvalue weighted by atomic mass is 19.1. The van der Waals surface area contributed by atoms with Crippen LogP contribution in [0.5, 0.6) is 5.75 Å². The molecule has 0 unspecified atom stereocenters. The zero-order chi connectivity index (χ0) is 17.8. The number of nitrogens with zero attached hydrogens (tertiary/aromatic N) is 2. The van der Waals surface area contributed by atoms with Gasteiger partial charge in [0.25, 0.3) is 0 Å². The number of aromatic nitrogens is 2. The van der Waals surface area contributed by atoms with E-state index in [-0.39, 0.29) is 17.4 Å². The van der Waals surface area contributed by atoms with E-state index >= 15 is 0 Å². The summed E-state index contributed by atoms with van der Waals surface area (Å²) in [6.07, 6.45) is 1.57. The van der Waals surface area contributed by atoms with E-state index in [1.165, 1.54) is 13.2 Å². The first-order valence-electron chi connectivity index (χ1n) is 7.79. The second-order valence-electron chi connectivity index (χ2n) is 5.66. The summed E-state index contributed by atoms with van der Waals surface area (Å²) in [6, 6.07) is 14.5. The summed E-state index contributed by atoms with van der Waals surface area (Å²) in [6.45, 7) is 2.27. The fourth-order valence-corrected chi connectivity index (χ4v) is 2.46. The summed E-state index contributed by atoms with van der Waals surface area (Å²) in [7, 11) is 1.41. The highest BCUT2D eigenvalue weighted by molar-refractivity contribution is 5.55. The van der Waals surface area contributed by atoms with Crippen molar-refractivity contribution in [3.05, 3.63) is 82.0 Å². The van der Waals surface area contributed by atoms with Crippen LogP contribution < -0.4 is 15.6 Å². The van der Waals surface area contributed by atoms with E-state index in [4.69, 9.17) is 4.74 Å². The Morgan fingerprint density at radius 2 is 1.96 bits per heavy atom. The third-order valence-electron chi connectivity index (χ3n) is 3.75. The molecule has 0 atom stereocenters. The minimum absolute atomic E-state index is 0.130. The van der Waals surface area contributed by atoms with Gasteiger partial charge in [0.2, 0.25) is 11.7 Å². The van der Waals surface area contributed by atoms with E-state index in [1.807, 2.05) is 37.3 Å². The topological polar surface area (TPSA) is 56.1 Å². The Kier molecular flexibility index (Phi) is 4.79.